The molecule has 6 nitrogen and oxygen atoms in total. The predicted octanol–water partition coefficient (Wildman–Crippen LogP) is 0.119. The van der Waals surface area contributed by atoms with Crippen LogP contribution in [0, 0.1) is 0 Å². The molecular formula is C8H17N5O. The Morgan fingerprint density at radius 3 is 3.00 bits per heavy atom. The van der Waals surface area contributed by atoms with E-state index in [-0.39, 0.29) is 6.10 Å². The maximum Gasteiger partial charge on any atom is 0.179 e. The summed E-state index contributed by atoms with van der Waals surface area (Å²) in [5.74, 6) is 0.764. The van der Waals surface area contributed by atoms with E-state index in [1.54, 1.807) is 4.68 Å². The number of ether oxygens (including phenoxy) is 1. The summed E-state index contributed by atoms with van der Waals surface area (Å²) in [5.41, 5.74) is 5.42. The molecule has 0 saturated heterocycles. The number of nitrogens with zero attached hydrogens (tertiary/aromatic N) is 4. The van der Waals surface area contributed by atoms with Crippen LogP contribution in [0.3, 0.4) is 0 Å². The van der Waals surface area contributed by atoms with Crippen molar-refractivity contribution in [2.45, 2.75) is 32.9 Å². The van der Waals surface area contributed by atoms with Crippen LogP contribution in [0.1, 0.15) is 32.2 Å². The molecule has 0 amide bonds. The van der Waals surface area contributed by atoms with Gasteiger partial charge in [0.05, 0.1) is 0 Å². The number of nitrogens with two attached hydrogens (primary N) is 1. The van der Waals surface area contributed by atoms with Gasteiger partial charge in [-0.1, -0.05) is 0 Å². The molecule has 2 N–H and O–H groups in total. The summed E-state index contributed by atoms with van der Waals surface area (Å²) in [6.45, 7) is 5.93. The fourth-order valence-electron chi connectivity index (χ4n) is 1.23. The molecular weight excluding hydrogens is 182 g/mol. The number of hydrogen-bond donors (Lipinski definition) is 1. The summed E-state index contributed by atoms with van der Waals surface area (Å²) in [7, 11) is 0. The fraction of sp³-hybridized carbons (Fsp3) is 0.875. The molecule has 1 aromatic rings. The van der Waals surface area contributed by atoms with E-state index in [2.05, 4.69) is 15.5 Å². The Morgan fingerprint density at radius 1 is 1.57 bits per heavy atom. The molecule has 14 heavy (non-hydrogen) atoms. The van der Waals surface area contributed by atoms with E-state index in [1.807, 2.05) is 13.8 Å². The molecule has 1 rings (SSSR count). The number of aromatic nitrogens is 4. The van der Waals surface area contributed by atoms with Gasteiger partial charge >= 0.3 is 0 Å². The third-order valence-corrected chi connectivity index (χ3v) is 1.91. The number of aryl methyl sites for hydroxylation is 1. The Kier molecular flexibility index (Phi) is 4.48. The maximum absolute atomic E-state index is 5.42. The second-order valence-electron chi connectivity index (χ2n) is 3.00. The van der Waals surface area contributed by atoms with Crippen LogP contribution in [0.4, 0.5) is 0 Å². The van der Waals surface area contributed by atoms with Crippen molar-refractivity contribution in [1.29, 1.82) is 0 Å². The zero-order valence-corrected chi connectivity index (χ0v) is 8.68. The second-order valence-corrected chi connectivity index (χ2v) is 3.00. The SMILES string of the molecule is CCOC(C)c1nnnn1CCCN. The van der Waals surface area contributed by atoms with Crippen molar-refractivity contribution in [3.8, 4) is 0 Å². The van der Waals surface area contributed by atoms with Crippen LogP contribution in [0.25, 0.3) is 0 Å². The fourth-order valence-corrected chi connectivity index (χ4v) is 1.23. The van der Waals surface area contributed by atoms with E-state index in [1.165, 1.54) is 0 Å². The third kappa shape index (κ3) is 2.74. The zero-order chi connectivity index (χ0) is 10.4. The van der Waals surface area contributed by atoms with E-state index < -0.39 is 0 Å². The lowest BCUT2D eigenvalue weighted by molar-refractivity contribution is 0.0664. The van der Waals surface area contributed by atoms with Gasteiger partial charge in [-0.25, -0.2) is 4.68 Å². The number of tetrazole rings is 1. The molecule has 1 aromatic heterocycles. The number of rotatable bonds is 6. The van der Waals surface area contributed by atoms with Gasteiger partial charge in [0.2, 0.25) is 0 Å². The largest absolute Gasteiger partial charge is 0.371 e. The minimum Gasteiger partial charge on any atom is -0.371 e. The average Bonchev–Trinajstić information content (AvgIpc) is 2.63. The van der Waals surface area contributed by atoms with Gasteiger partial charge in [-0.05, 0) is 37.2 Å². The minimum atomic E-state index is -0.0622. The molecule has 0 bridgehead atoms. The summed E-state index contributed by atoms with van der Waals surface area (Å²) < 4.78 is 7.16. The highest BCUT2D eigenvalue weighted by Gasteiger charge is 2.13. The van der Waals surface area contributed by atoms with Gasteiger partial charge in [0.1, 0.15) is 6.10 Å². The van der Waals surface area contributed by atoms with Gasteiger partial charge in [-0.3, -0.25) is 0 Å². The lowest BCUT2D eigenvalue weighted by Crippen LogP contribution is -2.13. The molecule has 0 aliphatic heterocycles. The van der Waals surface area contributed by atoms with Gasteiger partial charge in [-0.15, -0.1) is 5.10 Å². The first kappa shape index (κ1) is 11.1. The normalized spacial score (nSPS) is 13.1. The third-order valence-electron chi connectivity index (χ3n) is 1.91. The van der Waals surface area contributed by atoms with Crippen molar-refractivity contribution in [3.05, 3.63) is 5.82 Å². The highest BCUT2D eigenvalue weighted by atomic mass is 16.5. The van der Waals surface area contributed by atoms with Crippen LogP contribution >= 0.6 is 0 Å². The highest BCUT2D eigenvalue weighted by molar-refractivity contribution is 4.85. The average molecular weight is 199 g/mol. The summed E-state index contributed by atoms with van der Waals surface area (Å²) >= 11 is 0. The quantitative estimate of drug-likeness (QED) is 0.704. The Balaban J connectivity index is 2.61. The Hall–Kier alpha value is -1.01. The van der Waals surface area contributed by atoms with Crippen molar-refractivity contribution in [2.75, 3.05) is 13.2 Å². The smallest absolute Gasteiger partial charge is 0.179 e. The standard InChI is InChI=1S/C8H17N5O/c1-3-14-7(2)8-10-11-12-13(8)6-4-5-9/h7H,3-6,9H2,1-2H3. The Labute approximate surface area is 83.4 Å². The van der Waals surface area contributed by atoms with Crippen LogP contribution in [0.2, 0.25) is 0 Å². The van der Waals surface area contributed by atoms with Gasteiger partial charge < -0.3 is 10.5 Å². The molecule has 0 aliphatic rings. The van der Waals surface area contributed by atoms with Crippen molar-refractivity contribution < 1.29 is 4.74 Å². The Bertz CT molecular complexity index is 262. The molecule has 0 aromatic carbocycles. The molecule has 0 spiro atoms. The molecule has 1 unspecified atom stereocenters. The molecule has 0 aliphatic carbocycles. The van der Waals surface area contributed by atoms with E-state index in [0.29, 0.717) is 13.2 Å². The molecule has 80 valence electrons. The molecule has 1 heterocycles. The van der Waals surface area contributed by atoms with Gasteiger partial charge in [-0.2, -0.15) is 0 Å². The first-order valence-corrected chi connectivity index (χ1v) is 4.87. The molecule has 0 radical (unpaired) electrons. The van der Waals surface area contributed by atoms with Gasteiger partial charge in [0.15, 0.2) is 5.82 Å². The number of hydrogen-bond acceptors (Lipinski definition) is 5. The molecule has 6 heteroatoms. The molecule has 0 fully saturated rings. The molecule has 1 atom stereocenters. The van der Waals surface area contributed by atoms with Crippen LogP contribution in [-0.4, -0.2) is 33.4 Å². The summed E-state index contributed by atoms with van der Waals surface area (Å²) in [6, 6.07) is 0. The topological polar surface area (TPSA) is 78.9 Å². The van der Waals surface area contributed by atoms with Crippen molar-refractivity contribution in [3.63, 3.8) is 0 Å². The van der Waals surface area contributed by atoms with Crippen molar-refractivity contribution in [1.82, 2.24) is 20.2 Å². The van der Waals surface area contributed by atoms with Crippen molar-refractivity contribution in [2.24, 2.45) is 5.73 Å². The van der Waals surface area contributed by atoms with E-state index in [9.17, 15) is 0 Å². The van der Waals surface area contributed by atoms with E-state index in [0.717, 1.165) is 18.8 Å². The van der Waals surface area contributed by atoms with Crippen LogP contribution in [0.15, 0.2) is 0 Å². The highest BCUT2D eigenvalue weighted by Crippen LogP contribution is 2.12. The maximum atomic E-state index is 5.42. The lowest BCUT2D eigenvalue weighted by atomic mass is 10.3. The summed E-state index contributed by atoms with van der Waals surface area (Å²) in [5, 5.41) is 11.4. The van der Waals surface area contributed by atoms with Crippen LogP contribution in [-0.2, 0) is 11.3 Å². The monoisotopic (exact) mass is 199 g/mol. The first-order valence-electron chi connectivity index (χ1n) is 4.87. The van der Waals surface area contributed by atoms with Crippen LogP contribution < -0.4 is 5.73 Å². The van der Waals surface area contributed by atoms with E-state index in [4.69, 9.17) is 10.5 Å². The zero-order valence-electron chi connectivity index (χ0n) is 8.68. The lowest BCUT2D eigenvalue weighted by Gasteiger charge is -2.10. The van der Waals surface area contributed by atoms with Crippen molar-refractivity contribution >= 4 is 0 Å². The Morgan fingerprint density at radius 2 is 2.36 bits per heavy atom. The summed E-state index contributed by atoms with van der Waals surface area (Å²) in [6.07, 6.45) is 0.810. The predicted molar refractivity (Wildman–Crippen MR) is 51.5 cm³/mol. The van der Waals surface area contributed by atoms with Gasteiger partial charge in [0.25, 0.3) is 0 Å². The van der Waals surface area contributed by atoms with Crippen LogP contribution in [0.5, 0.6) is 0 Å². The van der Waals surface area contributed by atoms with E-state index >= 15 is 0 Å². The second kappa shape index (κ2) is 5.66. The minimum absolute atomic E-state index is 0.0622. The molecule has 0 saturated carbocycles. The summed E-state index contributed by atoms with van der Waals surface area (Å²) in [4.78, 5) is 0. The first-order chi connectivity index (χ1) is 6.79. The van der Waals surface area contributed by atoms with Gasteiger partial charge in [0, 0.05) is 13.2 Å².